The van der Waals surface area contributed by atoms with Crippen molar-refractivity contribution < 1.29 is 19.0 Å². The second-order valence-corrected chi connectivity index (χ2v) is 5.33. The number of rotatable bonds is 1. The lowest BCUT2D eigenvalue weighted by atomic mass is 10.1. The average molecular weight is 279 g/mol. The van der Waals surface area contributed by atoms with Gasteiger partial charge in [0.2, 0.25) is 5.79 Å². The van der Waals surface area contributed by atoms with Crippen LogP contribution in [0.4, 0.5) is 0 Å². The van der Waals surface area contributed by atoms with Crippen molar-refractivity contribution in [3.8, 4) is 5.75 Å². The summed E-state index contributed by atoms with van der Waals surface area (Å²) < 4.78 is 16.1. The molecule has 20 heavy (non-hydrogen) atoms. The average Bonchev–Trinajstić information content (AvgIpc) is 2.98. The van der Waals surface area contributed by atoms with E-state index >= 15 is 0 Å². The highest BCUT2D eigenvalue weighted by Crippen LogP contribution is 2.34. The first-order valence-corrected chi connectivity index (χ1v) is 6.88. The Morgan fingerprint density at radius 2 is 2.00 bits per heavy atom. The summed E-state index contributed by atoms with van der Waals surface area (Å²) in [5.74, 6) is 0.0249. The second kappa shape index (κ2) is 6.33. The van der Waals surface area contributed by atoms with Gasteiger partial charge in [-0.25, -0.2) is 0 Å². The molecule has 3 rings (SSSR count). The summed E-state index contributed by atoms with van der Waals surface area (Å²) in [6, 6.07) is 0. The van der Waals surface area contributed by atoms with Gasteiger partial charge in [0.05, 0.1) is 12.3 Å². The van der Waals surface area contributed by atoms with Crippen molar-refractivity contribution in [1.29, 1.82) is 0 Å². The lowest BCUT2D eigenvalue weighted by Crippen LogP contribution is -2.36. The highest BCUT2D eigenvalue weighted by atomic mass is 16.7. The van der Waals surface area contributed by atoms with Gasteiger partial charge in [-0.15, -0.1) is 0 Å². The molecule has 0 aliphatic carbocycles. The summed E-state index contributed by atoms with van der Waals surface area (Å²) in [6.07, 6.45) is 4.88. The van der Waals surface area contributed by atoms with Crippen molar-refractivity contribution in [2.75, 3.05) is 13.2 Å². The van der Waals surface area contributed by atoms with E-state index in [2.05, 4.69) is 4.98 Å². The Hall–Kier alpha value is -1.46. The molecule has 0 radical (unpaired) electrons. The zero-order valence-corrected chi connectivity index (χ0v) is 12.3. The fraction of sp³-hybridized carbons (Fsp3) is 0.600. The summed E-state index contributed by atoms with van der Waals surface area (Å²) in [5, 5.41) is 0. The zero-order valence-electron chi connectivity index (χ0n) is 12.3. The largest absolute Gasteiger partial charge is 0.461 e. The van der Waals surface area contributed by atoms with E-state index in [1.54, 1.807) is 6.20 Å². The Balaban J connectivity index is 0.000000247. The van der Waals surface area contributed by atoms with Gasteiger partial charge in [-0.1, -0.05) is 0 Å². The van der Waals surface area contributed by atoms with E-state index in [4.69, 9.17) is 14.2 Å². The molecule has 0 aromatic carbocycles. The van der Waals surface area contributed by atoms with Gasteiger partial charge in [0, 0.05) is 44.4 Å². The summed E-state index contributed by atoms with van der Waals surface area (Å²) >= 11 is 0. The first kappa shape index (κ1) is 14.9. The number of hydrogen-bond acceptors (Lipinski definition) is 5. The van der Waals surface area contributed by atoms with E-state index in [1.807, 2.05) is 20.8 Å². The number of ether oxygens (including phenoxy) is 3. The molecule has 0 saturated carbocycles. The number of aryl methyl sites for hydroxylation is 1. The van der Waals surface area contributed by atoms with Crippen LogP contribution in [0.1, 0.15) is 48.3 Å². The Kier molecular flexibility index (Phi) is 4.73. The Morgan fingerprint density at radius 1 is 1.30 bits per heavy atom. The van der Waals surface area contributed by atoms with Gasteiger partial charge in [0.15, 0.2) is 12.0 Å². The number of fused-ring (bicyclic) bond motifs is 1. The predicted octanol–water partition coefficient (Wildman–Crippen LogP) is 2.64. The van der Waals surface area contributed by atoms with Crippen molar-refractivity contribution >= 4 is 6.29 Å². The van der Waals surface area contributed by atoms with Crippen LogP contribution in [0.15, 0.2) is 6.20 Å². The number of hydrogen-bond donors (Lipinski definition) is 0. The molecule has 1 saturated heterocycles. The minimum atomic E-state index is -0.652. The summed E-state index contributed by atoms with van der Waals surface area (Å²) in [5.41, 5.74) is 2.11. The molecule has 0 N–H and O–H groups in total. The van der Waals surface area contributed by atoms with Gasteiger partial charge < -0.3 is 14.2 Å². The van der Waals surface area contributed by atoms with Crippen molar-refractivity contribution in [3.63, 3.8) is 0 Å². The van der Waals surface area contributed by atoms with Crippen LogP contribution in [0.3, 0.4) is 0 Å². The Morgan fingerprint density at radius 3 is 2.55 bits per heavy atom. The molecule has 0 spiro atoms. The lowest BCUT2D eigenvalue weighted by Gasteiger charge is -2.33. The molecular weight excluding hydrogens is 258 g/mol. The fourth-order valence-corrected chi connectivity index (χ4v) is 2.07. The number of aromatic nitrogens is 1. The van der Waals surface area contributed by atoms with Gasteiger partial charge in [-0.2, -0.15) is 0 Å². The van der Waals surface area contributed by atoms with E-state index < -0.39 is 5.79 Å². The van der Waals surface area contributed by atoms with E-state index in [0.717, 1.165) is 30.8 Å². The molecule has 0 amide bonds. The van der Waals surface area contributed by atoms with E-state index in [1.165, 1.54) is 12.8 Å². The van der Waals surface area contributed by atoms with Gasteiger partial charge in [0.25, 0.3) is 0 Å². The second-order valence-electron chi connectivity index (χ2n) is 5.33. The molecule has 2 aliphatic heterocycles. The van der Waals surface area contributed by atoms with Crippen LogP contribution in [-0.4, -0.2) is 30.3 Å². The molecule has 1 aromatic rings. The predicted molar refractivity (Wildman–Crippen MR) is 73.9 cm³/mol. The normalized spacial score (nSPS) is 19.4. The number of aldehydes is 1. The topological polar surface area (TPSA) is 57.7 Å². The minimum absolute atomic E-state index is 0.389. The van der Waals surface area contributed by atoms with Gasteiger partial charge in [0.1, 0.15) is 0 Å². The lowest BCUT2D eigenvalue weighted by molar-refractivity contribution is -0.180. The molecule has 5 heteroatoms. The molecule has 3 heterocycles. The van der Waals surface area contributed by atoms with Crippen molar-refractivity contribution in [1.82, 2.24) is 4.98 Å². The summed E-state index contributed by atoms with van der Waals surface area (Å²) in [4.78, 5) is 14.9. The summed E-state index contributed by atoms with van der Waals surface area (Å²) in [6.45, 7) is 7.92. The molecular formula is C15H21NO4. The highest BCUT2D eigenvalue weighted by Gasteiger charge is 2.30. The van der Waals surface area contributed by atoms with Gasteiger partial charge >= 0.3 is 0 Å². The van der Waals surface area contributed by atoms with Crippen LogP contribution in [0.25, 0.3) is 0 Å². The van der Waals surface area contributed by atoms with Crippen LogP contribution in [-0.2, 0) is 16.1 Å². The number of carbonyl (C=O) groups is 1. The fourth-order valence-electron chi connectivity index (χ4n) is 2.07. The molecule has 5 nitrogen and oxygen atoms in total. The SMILES string of the molecule is C1CCOC1.Cc1ncc(C=O)c2c1OC(C)(C)OC2. The third-order valence-corrected chi connectivity index (χ3v) is 3.21. The first-order valence-electron chi connectivity index (χ1n) is 6.88. The first-order chi connectivity index (χ1) is 9.53. The molecule has 110 valence electrons. The molecule has 0 unspecified atom stereocenters. The zero-order chi connectivity index (χ0) is 14.6. The molecule has 0 bridgehead atoms. The van der Waals surface area contributed by atoms with Crippen molar-refractivity contribution in [2.24, 2.45) is 0 Å². The van der Waals surface area contributed by atoms with Crippen molar-refractivity contribution in [2.45, 2.75) is 46.0 Å². The molecule has 1 fully saturated rings. The van der Waals surface area contributed by atoms with Gasteiger partial charge in [-0.05, 0) is 19.8 Å². The van der Waals surface area contributed by atoms with Gasteiger partial charge in [-0.3, -0.25) is 9.78 Å². The molecule has 0 atom stereocenters. The maximum atomic E-state index is 10.8. The van der Waals surface area contributed by atoms with E-state index in [0.29, 0.717) is 17.9 Å². The van der Waals surface area contributed by atoms with Crippen LogP contribution in [0.5, 0.6) is 5.75 Å². The third kappa shape index (κ3) is 3.55. The number of carbonyl (C=O) groups excluding carboxylic acids is 1. The minimum Gasteiger partial charge on any atom is -0.461 e. The third-order valence-electron chi connectivity index (χ3n) is 3.21. The standard InChI is InChI=1S/C11H13NO3.C4H8O/c1-7-10-9(8(5-13)4-12-7)6-14-11(2,3)15-10;1-2-4-5-3-1/h4-5H,6H2,1-3H3;1-4H2. The number of pyridine rings is 1. The van der Waals surface area contributed by atoms with Crippen LogP contribution >= 0.6 is 0 Å². The Bertz CT molecular complexity index is 473. The van der Waals surface area contributed by atoms with Crippen LogP contribution < -0.4 is 4.74 Å². The summed E-state index contributed by atoms with van der Waals surface area (Å²) in [7, 11) is 0. The smallest absolute Gasteiger partial charge is 0.205 e. The maximum Gasteiger partial charge on any atom is 0.205 e. The monoisotopic (exact) mass is 279 g/mol. The van der Waals surface area contributed by atoms with Crippen LogP contribution in [0, 0.1) is 6.92 Å². The van der Waals surface area contributed by atoms with E-state index in [9.17, 15) is 4.79 Å². The van der Waals surface area contributed by atoms with Crippen molar-refractivity contribution in [3.05, 3.63) is 23.0 Å². The molecule has 1 aromatic heterocycles. The van der Waals surface area contributed by atoms with Crippen LogP contribution in [0.2, 0.25) is 0 Å². The van der Waals surface area contributed by atoms with E-state index in [-0.39, 0.29) is 0 Å². The number of nitrogens with zero attached hydrogens (tertiary/aromatic N) is 1. The Labute approximate surface area is 119 Å². The highest BCUT2D eigenvalue weighted by molar-refractivity contribution is 5.78. The maximum absolute atomic E-state index is 10.8. The quantitative estimate of drug-likeness (QED) is 0.740. The molecule has 2 aliphatic rings.